The summed E-state index contributed by atoms with van der Waals surface area (Å²) in [6.45, 7) is 1.07. The van der Waals surface area contributed by atoms with Crippen molar-refractivity contribution in [3.63, 3.8) is 0 Å². The van der Waals surface area contributed by atoms with Gasteiger partial charge < -0.3 is 15.8 Å². The van der Waals surface area contributed by atoms with Gasteiger partial charge in [0.25, 0.3) is 0 Å². The Kier molecular flexibility index (Phi) is 6.11. The van der Waals surface area contributed by atoms with Gasteiger partial charge >= 0.3 is 6.18 Å². The van der Waals surface area contributed by atoms with Crippen molar-refractivity contribution in [2.75, 3.05) is 25.6 Å². The van der Waals surface area contributed by atoms with Crippen molar-refractivity contribution in [3.8, 4) is 0 Å². The van der Waals surface area contributed by atoms with Gasteiger partial charge in [-0.25, -0.2) is 0 Å². The van der Waals surface area contributed by atoms with Crippen LogP contribution in [-0.4, -0.2) is 26.3 Å². The first-order valence-electron chi connectivity index (χ1n) is 6.10. The molecule has 0 aromatic heterocycles. The van der Waals surface area contributed by atoms with Crippen LogP contribution in [0.2, 0.25) is 0 Å². The summed E-state index contributed by atoms with van der Waals surface area (Å²) in [5, 5.41) is 3.15. The normalized spacial score (nSPS) is 13.3. The molecule has 1 aromatic carbocycles. The van der Waals surface area contributed by atoms with Gasteiger partial charge in [-0.1, -0.05) is 0 Å². The molecule has 6 heteroatoms. The number of halogens is 3. The minimum atomic E-state index is -4.30. The molecule has 1 rings (SSSR count). The third-order valence-corrected chi connectivity index (χ3v) is 2.71. The minimum absolute atomic E-state index is 0.0466. The molecule has 0 saturated carbocycles. The number of benzene rings is 1. The lowest BCUT2D eigenvalue weighted by Gasteiger charge is -2.19. The lowest BCUT2D eigenvalue weighted by atomic mass is 10.1. The van der Waals surface area contributed by atoms with E-state index >= 15 is 0 Å². The minimum Gasteiger partial charge on any atom is -0.383 e. The van der Waals surface area contributed by atoms with Gasteiger partial charge in [0.15, 0.2) is 0 Å². The average Bonchev–Trinajstić information content (AvgIpc) is 2.36. The maximum Gasteiger partial charge on any atom is 0.416 e. The van der Waals surface area contributed by atoms with Gasteiger partial charge in [0, 0.05) is 18.8 Å². The lowest BCUT2D eigenvalue weighted by molar-refractivity contribution is -0.137. The zero-order valence-corrected chi connectivity index (χ0v) is 10.8. The third-order valence-electron chi connectivity index (χ3n) is 2.71. The smallest absolute Gasteiger partial charge is 0.383 e. The summed E-state index contributed by atoms with van der Waals surface area (Å²) in [4.78, 5) is 0. The van der Waals surface area contributed by atoms with E-state index in [1.54, 1.807) is 7.11 Å². The van der Waals surface area contributed by atoms with E-state index in [-0.39, 0.29) is 6.04 Å². The molecule has 3 nitrogen and oxygen atoms in total. The Balaban J connectivity index is 2.64. The van der Waals surface area contributed by atoms with E-state index in [0.717, 1.165) is 25.0 Å². The van der Waals surface area contributed by atoms with Crippen LogP contribution in [0.4, 0.5) is 18.9 Å². The first kappa shape index (κ1) is 15.8. The second-order valence-electron chi connectivity index (χ2n) is 4.30. The molecular weight excluding hydrogens is 257 g/mol. The molecule has 1 aromatic rings. The first-order valence-corrected chi connectivity index (χ1v) is 6.10. The maximum atomic E-state index is 12.4. The Morgan fingerprint density at radius 2 is 1.89 bits per heavy atom. The molecule has 19 heavy (non-hydrogen) atoms. The van der Waals surface area contributed by atoms with Crippen LogP contribution in [0.1, 0.15) is 18.4 Å². The van der Waals surface area contributed by atoms with Gasteiger partial charge in [-0.3, -0.25) is 0 Å². The van der Waals surface area contributed by atoms with E-state index in [9.17, 15) is 13.2 Å². The van der Waals surface area contributed by atoms with Crippen LogP contribution in [0.25, 0.3) is 0 Å². The van der Waals surface area contributed by atoms with Crippen molar-refractivity contribution < 1.29 is 17.9 Å². The van der Waals surface area contributed by atoms with Gasteiger partial charge in [0.2, 0.25) is 0 Å². The summed E-state index contributed by atoms with van der Waals surface area (Å²) >= 11 is 0. The van der Waals surface area contributed by atoms with E-state index in [0.29, 0.717) is 18.8 Å². The third kappa shape index (κ3) is 5.48. The van der Waals surface area contributed by atoms with Crippen molar-refractivity contribution in [2.24, 2.45) is 5.73 Å². The highest BCUT2D eigenvalue weighted by Gasteiger charge is 2.29. The number of nitrogens with one attached hydrogen (secondary N) is 1. The predicted octanol–water partition coefficient (Wildman–Crippen LogP) is 2.87. The van der Waals surface area contributed by atoms with Gasteiger partial charge in [-0.2, -0.15) is 13.2 Å². The molecular formula is C13H19F3N2O. The zero-order valence-electron chi connectivity index (χ0n) is 10.8. The number of ether oxygens (including phenoxy) is 1. The number of hydrogen-bond donors (Lipinski definition) is 2. The molecule has 0 radical (unpaired) electrons. The fraction of sp³-hybridized carbons (Fsp3) is 0.538. The fourth-order valence-electron chi connectivity index (χ4n) is 1.75. The topological polar surface area (TPSA) is 47.3 Å². The molecule has 0 fully saturated rings. The quantitative estimate of drug-likeness (QED) is 0.805. The highest BCUT2D eigenvalue weighted by molar-refractivity contribution is 5.46. The summed E-state index contributed by atoms with van der Waals surface area (Å²) in [6.07, 6.45) is -2.66. The van der Waals surface area contributed by atoms with E-state index in [1.807, 2.05) is 0 Å². The van der Waals surface area contributed by atoms with Gasteiger partial charge in [-0.15, -0.1) is 0 Å². The predicted molar refractivity (Wildman–Crippen MR) is 69.0 cm³/mol. The van der Waals surface area contributed by atoms with Gasteiger partial charge in [-0.05, 0) is 43.7 Å². The van der Waals surface area contributed by atoms with Crippen molar-refractivity contribution in [2.45, 2.75) is 25.1 Å². The monoisotopic (exact) mass is 276 g/mol. The standard InChI is InChI=1S/C13H19F3N2O/c1-19-9-12(3-2-8-17)18-11-6-4-10(5-7-11)13(14,15)16/h4-7,12,18H,2-3,8-9,17H2,1H3. The van der Waals surface area contributed by atoms with E-state index in [1.165, 1.54) is 12.1 Å². The number of alkyl halides is 3. The van der Waals surface area contributed by atoms with Crippen molar-refractivity contribution in [1.82, 2.24) is 0 Å². The summed E-state index contributed by atoms with van der Waals surface area (Å²) in [5.41, 5.74) is 5.44. The number of rotatable bonds is 7. The van der Waals surface area contributed by atoms with Crippen LogP contribution in [0.15, 0.2) is 24.3 Å². The van der Waals surface area contributed by atoms with Crippen molar-refractivity contribution >= 4 is 5.69 Å². The van der Waals surface area contributed by atoms with Crippen LogP contribution in [-0.2, 0) is 10.9 Å². The van der Waals surface area contributed by atoms with E-state index in [4.69, 9.17) is 10.5 Å². The molecule has 0 heterocycles. The van der Waals surface area contributed by atoms with Crippen LogP contribution < -0.4 is 11.1 Å². The number of anilines is 1. The maximum absolute atomic E-state index is 12.4. The molecule has 1 unspecified atom stereocenters. The van der Waals surface area contributed by atoms with Crippen LogP contribution in [0.3, 0.4) is 0 Å². The van der Waals surface area contributed by atoms with E-state index in [2.05, 4.69) is 5.32 Å². The summed E-state index contributed by atoms with van der Waals surface area (Å²) in [6, 6.07) is 5.02. The Labute approximate surface area is 110 Å². The Morgan fingerprint density at radius 1 is 1.26 bits per heavy atom. The highest BCUT2D eigenvalue weighted by atomic mass is 19.4. The number of nitrogens with two attached hydrogens (primary N) is 1. The van der Waals surface area contributed by atoms with Crippen LogP contribution in [0, 0.1) is 0 Å². The SMILES string of the molecule is COCC(CCCN)Nc1ccc(C(F)(F)F)cc1. The Bertz CT molecular complexity index is 365. The Hall–Kier alpha value is -1.27. The van der Waals surface area contributed by atoms with Gasteiger partial charge in [0.05, 0.1) is 12.2 Å². The first-order chi connectivity index (χ1) is 8.97. The highest BCUT2D eigenvalue weighted by Crippen LogP contribution is 2.29. The Morgan fingerprint density at radius 3 is 2.37 bits per heavy atom. The summed E-state index contributed by atoms with van der Waals surface area (Å²) < 4.78 is 42.3. The van der Waals surface area contributed by atoms with Crippen molar-refractivity contribution in [1.29, 1.82) is 0 Å². The average molecular weight is 276 g/mol. The molecule has 0 bridgehead atoms. The number of hydrogen-bond acceptors (Lipinski definition) is 3. The fourth-order valence-corrected chi connectivity index (χ4v) is 1.75. The second-order valence-corrected chi connectivity index (χ2v) is 4.30. The lowest BCUT2D eigenvalue weighted by Crippen LogP contribution is -2.25. The summed E-state index contributed by atoms with van der Waals surface area (Å²) in [7, 11) is 1.59. The molecule has 0 spiro atoms. The summed E-state index contributed by atoms with van der Waals surface area (Å²) in [5.74, 6) is 0. The van der Waals surface area contributed by atoms with Crippen molar-refractivity contribution in [3.05, 3.63) is 29.8 Å². The molecule has 0 aliphatic heterocycles. The molecule has 0 saturated heterocycles. The number of methoxy groups -OCH3 is 1. The van der Waals surface area contributed by atoms with Gasteiger partial charge in [0.1, 0.15) is 0 Å². The molecule has 0 aliphatic rings. The second kappa shape index (κ2) is 7.35. The largest absolute Gasteiger partial charge is 0.416 e. The van der Waals surface area contributed by atoms with Crippen LogP contribution >= 0.6 is 0 Å². The molecule has 0 aliphatic carbocycles. The molecule has 108 valence electrons. The molecule has 0 amide bonds. The van der Waals surface area contributed by atoms with E-state index < -0.39 is 11.7 Å². The zero-order chi connectivity index (χ0) is 14.3. The van der Waals surface area contributed by atoms with Crippen LogP contribution in [0.5, 0.6) is 0 Å². The molecule has 3 N–H and O–H groups in total. The molecule has 1 atom stereocenters.